The average molecular weight is 470 g/mol. The van der Waals surface area contributed by atoms with Gasteiger partial charge in [-0.3, -0.25) is 9.59 Å². The van der Waals surface area contributed by atoms with Crippen LogP contribution in [0, 0.1) is 30.1 Å². The first kappa shape index (κ1) is 21.3. The highest BCUT2D eigenvalue weighted by Gasteiger charge is 2.63. The van der Waals surface area contributed by atoms with Crippen LogP contribution in [0.25, 0.3) is 0 Å². The van der Waals surface area contributed by atoms with Gasteiger partial charge in [-0.05, 0) is 39.0 Å². The van der Waals surface area contributed by atoms with Gasteiger partial charge in [0.15, 0.2) is 0 Å². The van der Waals surface area contributed by atoms with Crippen LogP contribution >= 0.6 is 11.3 Å². The Morgan fingerprint density at radius 2 is 2.12 bits per heavy atom. The van der Waals surface area contributed by atoms with Gasteiger partial charge < -0.3 is 19.1 Å². The first-order valence-corrected chi connectivity index (χ1v) is 12.9. The normalized spacial score (nSPS) is 33.0. The van der Waals surface area contributed by atoms with Crippen LogP contribution < -0.4 is 0 Å². The topological polar surface area (TPSA) is 80.6 Å². The van der Waals surface area contributed by atoms with Gasteiger partial charge in [-0.1, -0.05) is 0 Å². The minimum atomic E-state index is -0.600. The molecule has 3 aliphatic heterocycles. The molecule has 0 N–H and O–H groups in total. The van der Waals surface area contributed by atoms with Crippen molar-refractivity contribution in [1.29, 1.82) is 0 Å². The number of carbonyl (C=O) groups is 2. The van der Waals surface area contributed by atoms with Crippen molar-refractivity contribution in [3.8, 4) is 0 Å². The minimum absolute atomic E-state index is 0.0772. The molecule has 0 bridgehead atoms. The van der Waals surface area contributed by atoms with E-state index in [2.05, 4.69) is 29.6 Å². The molecule has 2 aromatic heterocycles. The fourth-order valence-electron chi connectivity index (χ4n) is 6.24. The summed E-state index contributed by atoms with van der Waals surface area (Å²) in [6, 6.07) is 0.302. The number of rotatable bonds is 5. The number of hydrogen-bond acceptors (Lipinski definition) is 6. The third kappa shape index (κ3) is 3.34. The zero-order valence-corrected chi connectivity index (χ0v) is 20.3. The summed E-state index contributed by atoms with van der Waals surface area (Å²) in [5.41, 5.74) is 1.27. The van der Waals surface area contributed by atoms with Crippen molar-refractivity contribution >= 4 is 23.2 Å². The summed E-state index contributed by atoms with van der Waals surface area (Å²) in [7, 11) is 0. The van der Waals surface area contributed by atoms with Gasteiger partial charge in [0.1, 0.15) is 0 Å². The molecule has 1 saturated carbocycles. The largest absolute Gasteiger partial charge is 0.381 e. The number of carbonyl (C=O) groups excluding carboxylic acids is 2. The smallest absolute Gasteiger partial charge is 0.231 e. The summed E-state index contributed by atoms with van der Waals surface area (Å²) in [6.07, 6.45) is 4.68. The van der Waals surface area contributed by atoms with Crippen molar-refractivity contribution < 1.29 is 14.3 Å². The predicted molar refractivity (Wildman–Crippen MR) is 123 cm³/mol. The zero-order chi connectivity index (χ0) is 22.9. The molecule has 1 unspecified atom stereocenters. The average Bonchev–Trinajstić information content (AvgIpc) is 3.43. The Kier molecular flexibility index (Phi) is 4.92. The molecule has 5 atom stereocenters. The number of imidazole rings is 1. The molecule has 8 nitrogen and oxygen atoms in total. The fourth-order valence-corrected chi connectivity index (χ4v) is 6.85. The van der Waals surface area contributed by atoms with Crippen LogP contribution in [0.2, 0.25) is 0 Å². The van der Waals surface area contributed by atoms with Crippen LogP contribution in [0.1, 0.15) is 48.6 Å². The number of amides is 2. The van der Waals surface area contributed by atoms with Crippen LogP contribution in [-0.4, -0.2) is 69.0 Å². The van der Waals surface area contributed by atoms with Crippen molar-refractivity contribution in [2.75, 3.05) is 32.8 Å². The molecule has 176 valence electrons. The number of ether oxygens (including phenoxy) is 1. The van der Waals surface area contributed by atoms with E-state index in [9.17, 15) is 9.59 Å². The van der Waals surface area contributed by atoms with Gasteiger partial charge in [-0.25, -0.2) is 9.97 Å². The van der Waals surface area contributed by atoms with Crippen molar-refractivity contribution in [2.24, 2.45) is 23.2 Å². The van der Waals surface area contributed by atoms with E-state index in [1.54, 1.807) is 11.3 Å². The molecule has 33 heavy (non-hydrogen) atoms. The summed E-state index contributed by atoms with van der Waals surface area (Å²) in [5, 5.41) is 3.05. The van der Waals surface area contributed by atoms with Gasteiger partial charge in [0.25, 0.3) is 0 Å². The van der Waals surface area contributed by atoms with E-state index in [-0.39, 0.29) is 23.7 Å². The monoisotopic (exact) mass is 469 g/mol. The molecular formula is C24H31N5O3S. The first-order valence-electron chi connectivity index (χ1n) is 12.0. The Morgan fingerprint density at radius 3 is 2.79 bits per heavy atom. The summed E-state index contributed by atoms with van der Waals surface area (Å²) in [5.74, 6) is 1.10. The Hall–Kier alpha value is -2.26. The number of likely N-dealkylation sites (tertiary alicyclic amines) is 2. The summed E-state index contributed by atoms with van der Waals surface area (Å²) < 4.78 is 7.59. The van der Waals surface area contributed by atoms with Crippen LogP contribution in [0.5, 0.6) is 0 Å². The van der Waals surface area contributed by atoms with Gasteiger partial charge >= 0.3 is 0 Å². The van der Waals surface area contributed by atoms with Gasteiger partial charge in [0, 0.05) is 49.1 Å². The number of thiazole rings is 1. The number of aryl methyl sites for hydroxylation is 1. The number of aromatic nitrogens is 3. The van der Waals surface area contributed by atoms with E-state index in [0.29, 0.717) is 57.3 Å². The van der Waals surface area contributed by atoms with Crippen molar-refractivity contribution in [1.82, 2.24) is 24.3 Å². The maximum atomic E-state index is 13.9. The Balaban J connectivity index is 1.28. The minimum Gasteiger partial charge on any atom is -0.381 e. The second kappa shape index (κ2) is 7.63. The Morgan fingerprint density at radius 1 is 1.33 bits per heavy atom. The Bertz CT molecular complexity index is 1090. The third-order valence-corrected chi connectivity index (χ3v) is 9.05. The van der Waals surface area contributed by atoms with Crippen LogP contribution in [0.4, 0.5) is 0 Å². The maximum absolute atomic E-state index is 13.9. The molecule has 2 amide bonds. The highest BCUT2D eigenvalue weighted by Crippen LogP contribution is 2.55. The van der Waals surface area contributed by atoms with E-state index in [1.807, 2.05) is 28.4 Å². The maximum Gasteiger partial charge on any atom is 0.231 e. The van der Waals surface area contributed by atoms with Gasteiger partial charge in [0.2, 0.25) is 11.8 Å². The van der Waals surface area contributed by atoms with Crippen LogP contribution in [0.15, 0.2) is 17.9 Å². The lowest BCUT2D eigenvalue weighted by molar-refractivity contribution is -0.138. The third-order valence-electron chi connectivity index (χ3n) is 8.23. The highest BCUT2D eigenvalue weighted by molar-refractivity contribution is 7.09. The SMILES string of the molecule is Cc1nc(CN2CC[C@]3(CN(C(=O)C4[C@H]5COC[C@@H]45)C[C@H]3c3cn(C(C)C)cn3)C2=O)cs1. The predicted octanol–water partition coefficient (Wildman–Crippen LogP) is 2.47. The summed E-state index contributed by atoms with van der Waals surface area (Å²) in [4.78, 5) is 40.6. The van der Waals surface area contributed by atoms with Crippen LogP contribution in [-0.2, 0) is 20.9 Å². The van der Waals surface area contributed by atoms with E-state index in [4.69, 9.17) is 9.72 Å². The van der Waals surface area contributed by atoms with Crippen molar-refractivity contribution in [2.45, 2.75) is 45.7 Å². The molecule has 1 aliphatic carbocycles. The molecule has 1 spiro atoms. The number of fused-ring (bicyclic) bond motifs is 1. The lowest BCUT2D eigenvalue weighted by atomic mass is 9.75. The molecule has 6 rings (SSSR count). The Labute approximate surface area is 197 Å². The molecule has 9 heteroatoms. The van der Waals surface area contributed by atoms with E-state index in [1.165, 1.54) is 0 Å². The highest BCUT2D eigenvalue weighted by atomic mass is 32.1. The molecule has 3 saturated heterocycles. The van der Waals surface area contributed by atoms with Gasteiger partial charge in [-0.2, -0.15) is 0 Å². The fraction of sp³-hybridized carbons (Fsp3) is 0.667. The van der Waals surface area contributed by atoms with Crippen LogP contribution in [0.3, 0.4) is 0 Å². The molecule has 2 aromatic rings. The first-order chi connectivity index (χ1) is 15.9. The van der Waals surface area contributed by atoms with E-state index in [0.717, 1.165) is 22.8 Å². The molecule has 4 fully saturated rings. The van der Waals surface area contributed by atoms with Gasteiger partial charge in [0.05, 0.1) is 47.9 Å². The second-order valence-electron chi connectivity index (χ2n) is 10.5. The van der Waals surface area contributed by atoms with Crippen molar-refractivity contribution in [3.05, 3.63) is 34.3 Å². The van der Waals surface area contributed by atoms with Crippen molar-refractivity contribution in [3.63, 3.8) is 0 Å². The summed E-state index contributed by atoms with van der Waals surface area (Å²) in [6.45, 7) is 9.92. The number of nitrogens with zero attached hydrogens (tertiary/aromatic N) is 5. The van der Waals surface area contributed by atoms with E-state index >= 15 is 0 Å². The number of hydrogen-bond donors (Lipinski definition) is 0. The molecule has 5 heterocycles. The lowest BCUT2D eigenvalue weighted by Crippen LogP contribution is -2.40. The summed E-state index contributed by atoms with van der Waals surface area (Å²) >= 11 is 1.61. The lowest BCUT2D eigenvalue weighted by Gasteiger charge is -2.27. The molecule has 0 aromatic carbocycles. The molecular weight excluding hydrogens is 438 g/mol. The van der Waals surface area contributed by atoms with Gasteiger partial charge in [-0.15, -0.1) is 11.3 Å². The standard InChI is InChI=1S/C24H31N5O3S/c1-14(2)29-8-20(25-13-29)19-7-28(22(30)21-17-9-32-10-18(17)21)12-24(19)4-5-27(23(24)31)6-16-11-33-15(3)26-16/h8,11,13-14,17-19,21H,4-7,9-10,12H2,1-3H3/t17-,18+,19-,21?,24+/m0/s1. The van der Waals surface area contributed by atoms with E-state index < -0.39 is 5.41 Å². The zero-order valence-electron chi connectivity index (χ0n) is 19.4. The molecule has 0 radical (unpaired) electrons. The molecule has 4 aliphatic rings. The second-order valence-corrected chi connectivity index (χ2v) is 11.6. The quantitative estimate of drug-likeness (QED) is 0.672.